The SMILES string of the molecule is CCc1c(-c2ccc(OC)c(OC)c2)[nH]c2ccc(C3CCN(C(=O)CN4CCCC(C(=O)N(CC)CC)C4)CC3)cc12. The molecule has 2 saturated heterocycles. The number of likely N-dealkylation sites (tertiary alicyclic amines) is 2. The number of H-pyrrole nitrogens is 1. The number of carbonyl (C=O) groups excluding carboxylic acids is 2. The van der Waals surface area contributed by atoms with E-state index < -0.39 is 0 Å². The number of aryl methyl sites for hydroxylation is 1. The van der Waals surface area contributed by atoms with Gasteiger partial charge in [0.05, 0.1) is 26.7 Å². The van der Waals surface area contributed by atoms with E-state index in [1.807, 2.05) is 35.8 Å². The van der Waals surface area contributed by atoms with Crippen LogP contribution in [0.15, 0.2) is 36.4 Å². The molecule has 2 fully saturated rings. The largest absolute Gasteiger partial charge is 0.493 e. The Morgan fingerprint density at radius 1 is 0.930 bits per heavy atom. The molecule has 1 N–H and O–H groups in total. The van der Waals surface area contributed by atoms with Gasteiger partial charge in [-0.1, -0.05) is 13.0 Å². The van der Waals surface area contributed by atoms with Gasteiger partial charge in [-0.15, -0.1) is 0 Å². The van der Waals surface area contributed by atoms with Crippen LogP contribution in [0.3, 0.4) is 0 Å². The second kappa shape index (κ2) is 13.8. The van der Waals surface area contributed by atoms with Crippen LogP contribution in [0.4, 0.5) is 0 Å². The number of fused-ring (bicyclic) bond motifs is 1. The number of hydrogen-bond donors (Lipinski definition) is 1. The predicted molar refractivity (Wildman–Crippen MR) is 172 cm³/mol. The van der Waals surface area contributed by atoms with Crippen molar-refractivity contribution < 1.29 is 19.1 Å². The molecule has 0 saturated carbocycles. The number of hydrogen-bond acceptors (Lipinski definition) is 5. The van der Waals surface area contributed by atoms with E-state index in [2.05, 4.69) is 41.1 Å². The van der Waals surface area contributed by atoms with Crippen molar-refractivity contribution in [3.63, 3.8) is 0 Å². The summed E-state index contributed by atoms with van der Waals surface area (Å²) in [5.41, 5.74) is 5.99. The van der Waals surface area contributed by atoms with E-state index >= 15 is 0 Å². The highest BCUT2D eigenvalue weighted by Crippen LogP contribution is 2.38. The molecule has 2 aliphatic heterocycles. The zero-order valence-electron chi connectivity index (χ0n) is 26.6. The number of nitrogens with zero attached hydrogens (tertiary/aromatic N) is 3. The third-order valence-corrected chi connectivity index (χ3v) is 9.56. The molecule has 3 aromatic rings. The molecule has 8 nitrogen and oxygen atoms in total. The van der Waals surface area contributed by atoms with E-state index in [-0.39, 0.29) is 17.7 Å². The highest BCUT2D eigenvalue weighted by Gasteiger charge is 2.31. The smallest absolute Gasteiger partial charge is 0.236 e. The van der Waals surface area contributed by atoms with Crippen molar-refractivity contribution in [3.05, 3.63) is 47.5 Å². The van der Waals surface area contributed by atoms with Crippen molar-refractivity contribution in [2.75, 3.05) is 60.0 Å². The summed E-state index contributed by atoms with van der Waals surface area (Å²) in [6.07, 6.45) is 4.75. The van der Waals surface area contributed by atoms with E-state index in [0.29, 0.717) is 19.0 Å². The number of amides is 2. The van der Waals surface area contributed by atoms with Gasteiger partial charge in [0.25, 0.3) is 0 Å². The van der Waals surface area contributed by atoms with Gasteiger partial charge in [-0.05, 0) is 99.9 Å². The average Bonchev–Trinajstić information content (AvgIpc) is 3.43. The molecule has 1 unspecified atom stereocenters. The molecule has 0 bridgehead atoms. The van der Waals surface area contributed by atoms with Crippen LogP contribution in [0.5, 0.6) is 11.5 Å². The van der Waals surface area contributed by atoms with Crippen LogP contribution in [0.25, 0.3) is 22.2 Å². The lowest BCUT2D eigenvalue weighted by Gasteiger charge is -2.37. The summed E-state index contributed by atoms with van der Waals surface area (Å²) in [4.78, 5) is 36.0. The van der Waals surface area contributed by atoms with E-state index in [1.165, 1.54) is 16.5 Å². The molecule has 1 atom stereocenters. The van der Waals surface area contributed by atoms with Gasteiger partial charge in [-0.3, -0.25) is 14.5 Å². The average molecular weight is 589 g/mol. The fraction of sp³-hybridized carbons (Fsp3) is 0.543. The summed E-state index contributed by atoms with van der Waals surface area (Å²) in [6.45, 7) is 11.3. The van der Waals surface area contributed by atoms with E-state index in [1.54, 1.807) is 14.2 Å². The monoisotopic (exact) mass is 588 g/mol. The van der Waals surface area contributed by atoms with Crippen molar-refractivity contribution in [2.24, 2.45) is 5.92 Å². The Kier molecular flexibility index (Phi) is 9.96. The minimum atomic E-state index is 0.0100. The number of aromatic nitrogens is 1. The number of methoxy groups -OCH3 is 2. The van der Waals surface area contributed by atoms with Gasteiger partial charge in [0.1, 0.15) is 0 Å². The molecular formula is C35H48N4O4. The van der Waals surface area contributed by atoms with E-state index in [4.69, 9.17) is 9.47 Å². The topological polar surface area (TPSA) is 78.1 Å². The van der Waals surface area contributed by atoms with Crippen LogP contribution in [-0.4, -0.2) is 91.5 Å². The first-order valence-corrected chi connectivity index (χ1v) is 16.1. The van der Waals surface area contributed by atoms with Gasteiger partial charge in [-0.25, -0.2) is 0 Å². The van der Waals surface area contributed by atoms with Gasteiger partial charge in [-0.2, -0.15) is 0 Å². The lowest BCUT2D eigenvalue weighted by atomic mass is 9.88. The Bertz CT molecular complexity index is 1420. The molecule has 2 aromatic carbocycles. The quantitative estimate of drug-likeness (QED) is 0.329. The van der Waals surface area contributed by atoms with Crippen LogP contribution in [0.2, 0.25) is 0 Å². The van der Waals surface area contributed by atoms with Crippen LogP contribution < -0.4 is 9.47 Å². The Labute approximate surface area is 256 Å². The molecular weight excluding hydrogens is 540 g/mol. The second-order valence-corrected chi connectivity index (χ2v) is 11.9. The molecule has 232 valence electrons. The first-order valence-electron chi connectivity index (χ1n) is 16.1. The maximum atomic E-state index is 13.3. The first kappa shape index (κ1) is 30.9. The minimum absolute atomic E-state index is 0.0100. The fourth-order valence-corrected chi connectivity index (χ4v) is 7.07. The third-order valence-electron chi connectivity index (χ3n) is 9.56. The Morgan fingerprint density at radius 3 is 2.35 bits per heavy atom. The number of piperidine rings is 2. The minimum Gasteiger partial charge on any atom is -0.493 e. The van der Waals surface area contributed by atoms with Crippen LogP contribution >= 0.6 is 0 Å². The molecule has 8 heteroatoms. The molecule has 2 amide bonds. The summed E-state index contributed by atoms with van der Waals surface area (Å²) in [6, 6.07) is 12.9. The summed E-state index contributed by atoms with van der Waals surface area (Å²) in [7, 11) is 3.32. The maximum absolute atomic E-state index is 13.3. The van der Waals surface area contributed by atoms with Crippen LogP contribution in [0, 0.1) is 5.92 Å². The van der Waals surface area contributed by atoms with Gasteiger partial charge >= 0.3 is 0 Å². The number of carbonyl (C=O) groups is 2. The second-order valence-electron chi connectivity index (χ2n) is 11.9. The Hall–Kier alpha value is -3.52. The number of aromatic amines is 1. The summed E-state index contributed by atoms with van der Waals surface area (Å²) in [5, 5.41) is 1.27. The van der Waals surface area contributed by atoms with Crippen LogP contribution in [-0.2, 0) is 16.0 Å². The highest BCUT2D eigenvalue weighted by atomic mass is 16.5. The summed E-state index contributed by atoms with van der Waals surface area (Å²) in [5.74, 6) is 2.32. The van der Waals surface area contributed by atoms with Crippen molar-refractivity contribution in [1.29, 1.82) is 0 Å². The zero-order valence-corrected chi connectivity index (χ0v) is 26.6. The Morgan fingerprint density at radius 2 is 1.67 bits per heavy atom. The van der Waals surface area contributed by atoms with Gasteiger partial charge < -0.3 is 24.3 Å². The molecule has 1 aromatic heterocycles. The molecule has 43 heavy (non-hydrogen) atoms. The molecule has 5 rings (SSSR count). The number of ether oxygens (including phenoxy) is 2. The van der Waals surface area contributed by atoms with Crippen LogP contribution in [0.1, 0.15) is 63.5 Å². The first-order chi connectivity index (χ1) is 20.9. The zero-order chi connectivity index (χ0) is 30.5. The third kappa shape index (κ3) is 6.54. The predicted octanol–water partition coefficient (Wildman–Crippen LogP) is 5.70. The van der Waals surface area contributed by atoms with E-state index in [0.717, 1.165) is 93.1 Å². The molecule has 0 spiro atoms. The normalized spacial score (nSPS) is 18.2. The fourth-order valence-electron chi connectivity index (χ4n) is 7.07. The van der Waals surface area contributed by atoms with Crippen molar-refractivity contribution >= 4 is 22.7 Å². The standard InChI is InChI=1S/C35H48N4O4/c1-6-28-29-20-25(11-13-30(29)36-34(28)26-12-14-31(42-4)32(21-26)43-5)24-15-18-39(19-16-24)33(40)23-37-17-9-10-27(22-37)35(41)38(7-2)8-3/h11-14,20-21,24,27,36H,6-10,15-19,22-23H2,1-5H3. The molecule has 2 aliphatic rings. The highest BCUT2D eigenvalue weighted by molar-refractivity contribution is 5.91. The molecule has 3 heterocycles. The van der Waals surface area contributed by atoms with Gasteiger partial charge in [0.2, 0.25) is 11.8 Å². The van der Waals surface area contributed by atoms with Gasteiger partial charge in [0.15, 0.2) is 11.5 Å². The summed E-state index contributed by atoms with van der Waals surface area (Å²) < 4.78 is 11.0. The Balaban J connectivity index is 1.23. The van der Waals surface area contributed by atoms with Gasteiger partial charge in [0, 0.05) is 54.9 Å². The number of nitrogens with one attached hydrogen (secondary N) is 1. The van der Waals surface area contributed by atoms with Crippen molar-refractivity contribution in [2.45, 2.75) is 58.8 Å². The molecule has 0 radical (unpaired) electrons. The number of benzene rings is 2. The number of rotatable bonds is 10. The lowest BCUT2D eigenvalue weighted by molar-refractivity contribution is -0.139. The van der Waals surface area contributed by atoms with E-state index in [9.17, 15) is 9.59 Å². The van der Waals surface area contributed by atoms with Crippen molar-refractivity contribution in [3.8, 4) is 22.8 Å². The maximum Gasteiger partial charge on any atom is 0.236 e. The van der Waals surface area contributed by atoms with Crippen molar-refractivity contribution in [1.82, 2.24) is 19.7 Å². The summed E-state index contributed by atoms with van der Waals surface area (Å²) >= 11 is 0. The lowest BCUT2D eigenvalue weighted by Crippen LogP contribution is -2.49. The molecule has 0 aliphatic carbocycles.